The quantitative estimate of drug-likeness (QED) is 0.879. The molecule has 0 bridgehead atoms. The number of hydrogen-bond donors (Lipinski definition) is 2. The number of carbonyl (C=O) groups excluding carboxylic acids is 2. The van der Waals surface area contributed by atoms with E-state index >= 15 is 0 Å². The molecule has 1 saturated heterocycles. The summed E-state index contributed by atoms with van der Waals surface area (Å²) in [5.41, 5.74) is 6.51. The summed E-state index contributed by atoms with van der Waals surface area (Å²) in [7, 11) is 1.57. The second-order valence-corrected chi connectivity index (χ2v) is 6.00. The first-order valence-corrected chi connectivity index (χ1v) is 7.62. The van der Waals surface area contributed by atoms with Crippen molar-refractivity contribution in [2.75, 3.05) is 23.9 Å². The number of anilines is 2. The highest BCUT2D eigenvalue weighted by atomic mass is 35.5. The first-order chi connectivity index (χ1) is 10.5. The predicted octanol–water partition coefficient (Wildman–Crippen LogP) is 2.06. The molecule has 1 aliphatic carbocycles. The molecule has 126 valence electrons. The molecule has 2 amide bonds. The molecule has 0 atom stereocenters. The molecule has 3 N–H and O–H groups in total. The third-order valence-corrected chi connectivity index (χ3v) is 4.29. The minimum Gasteiger partial charge on any atom is -0.495 e. The molecule has 0 spiro atoms. The lowest BCUT2D eigenvalue weighted by molar-refractivity contribution is -0.119. The van der Waals surface area contributed by atoms with E-state index in [0.29, 0.717) is 42.9 Å². The van der Waals surface area contributed by atoms with Gasteiger partial charge in [-0.25, -0.2) is 0 Å². The van der Waals surface area contributed by atoms with Gasteiger partial charge in [0.15, 0.2) is 0 Å². The van der Waals surface area contributed by atoms with Crippen LogP contribution in [0.5, 0.6) is 5.75 Å². The molecule has 23 heavy (non-hydrogen) atoms. The first kappa shape index (κ1) is 17.6. The van der Waals surface area contributed by atoms with Crippen LogP contribution in [-0.4, -0.2) is 31.0 Å². The van der Waals surface area contributed by atoms with E-state index in [0.717, 1.165) is 12.8 Å². The van der Waals surface area contributed by atoms with Crippen LogP contribution in [0.15, 0.2) is 18.2 Å². The molecule has 0 radical (unpaired) electrons. The number of halogens is 1. The highest BCUT2D eigenvalue weighted by Gasteiger charge is 2.46. The van der Waals surface area contributed by atoms with Gasteiger partial charge in [-0.2, -0.15) is 0 Å². The van der Waals surface area contributed by atoms with Crippen LogP contribution in [0, 0.1) is 0 Å². The van der Waals surface area contributed by atoms with Crippen LogP contribution in [0.3, 0.4) is 0 Å². The Morgan fingerprint density at radius 3 is 2.70 bits per heavy atom. The Hall–Kier alpha value is -1.79. The number of benzene rings is 1. The minimum absolute atomic E-state index is 0. The number of carbonyl (C=O) groups is 2. The summed E-state index contributed by atoms with van der Waals surface area (Å²) in [6.07, 6.45) is 3.87. The van der Waals surface area contributed by atoms with Crippen molar-refractivity contribution in [1.29, 1.82) is 0 Å². The van der Waals surface area contributed by atoms with Crippen LogP contribution in [0.1, 0.15) is 32.1 Å². The molecule has 1 aromatic rings. The summed E-state index contributed by atoms with van der Waals surface area (Å²) < 4.78 is 5.36. The van der Waals surface area contributed by atoms with Crippen molar-refractivity contribution >= 4 is 35.6 Å². The highest BCUT2D eigenvalue weighted by Crippen LogP contribution is 2.36. The van der Waals surface area contributed by atoms with Crippen molar-refractivity contribution in [3.63, 3.8) is 0 Å². The van der Waals surface area contributed by atoms with E-state index in [4.69, 9.17) is 10.5 Å². The monoisotopic (exact) mass is 339 g/mol. The standard InChI is InChI=1S/C16H21N3O3.ClH/c1-22-13-6-5-11(18-15(21)16(17)7-8-16)10-12(13)19-9-3-2-4-14(19)20;/h5-6,10H,2-4,7-9,17H2,1H3,(H,18,21);1H. The fourth-order valence-electron chi connectivity index (χ4n) is 2.66. The SMILES string of the molecule is COc1ccc(NC(=O)C2(N)CC2)cc1N1CCCCC1=O.Cl. The van der Waals surface area contributed by atoms with E-state index in [1.54, 1.807) is 30.2 Å². The van der Waals surface area contributed by atoms with Gasteiger partial charge in [0.2, 0.25) is 11.8 Å². The zero-order valence-electron chi connectivity index (χ0n) is 13.1. The van der Waals surface area contributed by atoms with Crippen LogP contribution in [0.2, 0.25) is 0 Å². The number of amides is 2. The van der Waals surface area contributed by atoms with Crippen molar-refractivity contribution in [2.45, 2.75) is 37.6 Å². The molecule has 7 heteroatoms. The summed E-state index contributed by atoms with van der Waals surface area (Å²) in [5.74, 6) is 0.543. The van der Waals surface area contributed by atoms with E-state index in [9.17, 15) is 9.59 Å². The number of nitrogens with two attached hydrogens (primary N) is 1. The molecular formula is C16H22ClN3O3. The maximum Gasteiger partial charge on any atom is 0.244 e. The number of rotatable bonds is 4. The summed E-state index contributed by atoms with van der Waals surface area (Å²) >= 11 is 0. The van der Waals surface area contributed by atoms with Gasteiger partial charge in [0.1, 0.15) is 5.75 Å². The van der Waals surface area contributed by atoms with Gasteiger partial charge < -0.3 is 20.7 Å². The normalized spacial score (nSPS) is 18.9. The largest absolute Gasteiger partial charge is 0.495 e. The second-order valence-electron chi connectivity index (χ2n) is 6.00. The number of ether oxygens (including phenoxy) is 1. The lowest BCUT2D eigenvalue weighted by Gasteiger charge is -2.28. The van der Waals surface area contributed by atoms with E-state index in [-0.39, 0.29) is 24.2 Å². The van der Waals surface area contributed by atoms with Crippen molar-refractivity contribution in [3.05, 3.63) is 18.2 Å². The zero-order valence-corrected chi connectivity index (χ0v) is 13.9. The lowest BCUT2D eigenvalue weighted by atomic mass is 10.1. The Morgan fingerprint density at radius 1 is 1.35 bits per heavy atom. The van der Waals surface area contributed by atoms with Crippen LogP contribution in [-0.2, 0) is 9.59 Å². The number of nitrogens with zero attached hydrogens (tertiary/aromatic N) is 1. The molecule has 1 aromatic carbocycles. The summed E-state index contributed by atoms with van der Waals surface area (Å²) in [6.45, 7) is 0.674. The van der Waals surface area contributed by atoms with Gasteiger partial charge in [0, 0.05) is 18.7 Å². The van der Waals surface area contributed by atoms with Crippen LogP contribution < -0.4 is 20.7 Å². The smallest absolute Gasteiger partial charge is 0.244 e. The summed E-state index contributed by atoms with van der Waals surface area (Å²) in [5, 5.41) is 2.83. The van der Waals surface area contributed by atoms with Gasteiger partial charge in [-0.15, -0.1) is 12.4 Å². The Balaban J connectivity index is 0.00000192. The van der Waals surface area contributed by atoms with Crippen LogP contribution in [0.25, 0.3) is 0 Å². The average Bonchev–Trinajstić information content (AvgIpc) is 3.27. The third-order valence-electron chi connectivity index (χ3n) is 4.29. The van der Waals surface area contributed by atoms with Crippen molar-refractivity contribution in [1.82, 2.24) is 0 Å². The maximum atomic E-state index is 12.1. The Kier molecular flexibility index (Phi) is 5.16. The Bertz CT molecular complexity index is 617. The van der Waals surface area contributed by atoms with Crippen LogP contribution in [0.4, 0.5) is 11.4 Å². The molecule has 1 saturated carbocycles. The van der Waals surface area contributed by atoms with E-state index in [1.165, 1.54) is 0 Å². The molecule has 3 rings (SSSR count). The van der Waals surface area contributed by atoms with Gasteiger partial charge >= 0.3 is 0 Å². The van der Waals surface area contributed by atoms with E-state index in [1.807, 2.05) is 0 Å². The summed E-state index contributed by atoms with van der Waals surface area (Å²) in [6, 6.07) is 5.31. The number of hydrogen-bond acceptors (Lipinski definition) is 4. The average molecular weight is 340 g/mol. The Labute approximate surface area is 141 Å². The fraction of sp³-hybridized carbons (Fsp3) is 0.500. The number of methoxy groups -OCH3 is 1. The fourth-order valence-corrected chi connectivity index (χ4v) is 2.66. The molecular weight excluding hydrogens is 318 g/mol. The minimum atomic E-state index is -0.721. The van der Waals surface area contributed by atoms with Crippen molar-refractivity contribution in [3.8, 4) is 5.75 Å². The number of piperidine rings is 1. The molecule has 1 heterocycles. The molecule has 1 aliphatic heterocycles. The lowest BCUT2D eigenvalue weighted by Crippen LogP contribution is -2.38. The maximum absolute atomic E-state index is 12.1. The predicted molar refractivity (Wildman–Crippen MR) is 91.2 cm³/mol. The topological polar surface area (TPSA) is 84.7 Å². The van der Waals surface area contributed by atoms with Gasteiger partial charge in [0.05, 0.1) is 18.3 Å². The third kappa shape index (κ3) is 3.59. The van der Waals surface area contributed by atoms with Gasteiger partial charge in [-0.3, -0.25) is 9.59 Å². The van der Waals surface area contributed by atoms with Gasteiger partial charge in [-0.05, 0) is 43.9 Å². The zero-order chi connectivity index (χ0) is 15.7. The first-order valence-electron chi connectivity index (χ1n) is 7.62. The van der Waals surface area contributed by atoms with E-state index < -0.39 is 5.54 Å². The molecule has 6 nitrogen and oxygen atoms in total. The van der Waals surface area contributed by atoms with Crippen LogP contribution >= 0.6 is 12.4 Å². The van der Waals surface area contributed by atoms with Gasteiger partial charge in [-0.1, -0.05) is 0 Å². The Morgan fingerprint density at radius 2 is 2.09 bits per heavy atom. The summed E-state index contributed by atoms with van der Waals surface area (Å²) in [4.78, 5) is 25.9. The van der Waals surface area contributed by atoms with Gasteiger partial charge in [0.25, 0.3) is 0 Å². The second kappa shape index (κ2) is 6.76. The van der Waals surface area contributed by atoms with E-state index in [2.05, 4.69) is 5.32 Å². The molecule has 0 aromatic heterocycles. The molecule has 2 aliphatic rings. The van der Waals surface area contributed by atoms with Crippen molar-refractivity contribution < 1.29 is 14.3 Å². The van der Waals surface area contributed by atoms with Crippen molar-refractivity contribution in [2.24, 2.45) is 5.73 Å². The molecule has 0 unspecified atom stereocenters. The number of nitrogens with one attached hydrogen (secondary N) is 1. The molecule has 2 fully saturated rings. The highest BCUT2D eigenvalue weighted by molar-refractivity contribution is 6.01.